The summed E-state index contributed by atoms with van der Waals surface area (Å²) in [7, 11) is 0. The largest absolute Gasteiger partial charge is 0.460 e. The minimum absolute atomic E-state index is 0.0756. The van der Waals surface area contributed by atoms with E-state index in [1.54, 1.807) is 36.4 Å². The summed E-state index contributed by atoms with van der Waals surface area (Å²) in [5.41, 5.74) is 1.95. The fourth-order valence-corrected chi connectivity index (χ4v) is 3.37. The second-order valence-corrected chi connectivity index (χ2v) is 7.20. The van der Waals surface area contributed by atoms with E-state index in [1.165, 1.54) is 38.1 Å². The van der Waals surface area contributed by atoms with Crippen molar-refractivity contribution in [2.45, 2.75) is 20.3 Å². The van der Waals surface area contributed by atoms with E-state index in [-0.39, 0.29) is 29.6 Å². The summed E-state index contributed by atoms with van der Waals surface area (Å²) < 4.78 is 38.3. The number of hydrogen-bond donors (Lipinski definition) is 0. The third-order valence-electron chi connectivity index (χ3n) is 4.96. The van der Waals surface area contributed by atoms with Crippen molar-refractivity contribution in [3.8, 4) is 22.6 Å². The van der Waals surface area contributed by atoms with Crippen molar-refractivity contribution in [2.75, 3.05) is 0 Å². The van der Waals surface area contributed by atoms with Crippen molar-refractivity contribution >= 4 is 11.6 Å². The van der Waals surface area contributed by atoms with E-state index in [0.29, 0.717) is 45.3 Å². The van der Waals surface area contributed by atoms with Gasteiger partial charge in [0.05, 0.1) is 17.5 Å². The molecule has 0 saturated carbocycles. The van der Waals surface area contributed by atoms with Crippen molar-refractivity contribution in [1.29, 1.82) is 0 Å². The van der Waals surface area contributed by atoms with Crippen molar-refractivity contribution in [1.82, 2.24) is 0 Å². The number of Topliss-reactive ketones (excluding diaryl/α,β-unsaturated/α-hetero) is 2. The smallest absolute Gasteiger partial charge is 0.163 e. The molecular weight excluding hydrogens is 402 g/mol. The fourth-order valence-electron chi connectivity index (χ4n) is 3.37. The van der Waals surface area contributed by atoms with Crippen LogP contribution in [-0.4, -0.2) is 11.6 Å². The molecule has 4 nitrogen and oxygen atoms in total. The Hall–Kier alpha value is -3.80. The van der Waals surface area contributed by atoms with Gasteiger partial charge in [-0.1, -0.05) is 0 Å². The first-order chi connectivity index (χ1) is 14.8. The maximum Gasteiger partial charge on any atom is 0.163 e. The van der Waals surface area contributed by atoms with Gasteiger partial charge in [0.2, 0.25) is 0 Å². The zero-order valence-electron chi connectivity index (χ0n) is 16.9. The lowest BCUT2D eigenvalue weighted by Crippen LogP contribution is -2.00. The number of halogens is 2. The first-order valence-electron chi connectivity index (χ1n) is 9.61. The molecule has 0 spiro atoms. The van der Waals surface area contributed by atoms with Gasteiger partial charge in [0.15, 0.2) is 11.6 Å². The second kappa shape index (κ2) is 8.14. The highest BCUT2D eigenvalue weighted by molar-refractivity contribution is 5.97. The van der Waals surface area contributed by atoms with Gasteiger partial charge in [0.1, 0.15) is 34.7 Å². The Morgan fingerprint density at radius 1 is 0.677 bits per heavy atom. The molecular formula is C25H18F2O4. The normalized spacial score (nSPS) is 11.0. The molecule has 0 aliphatic carbocycles. The quantitative estimate of drug-likeness (QED) is 0.335. The van der Waals surface area contributed by atoms with Crippen LogP contribution in [0.25, 0.3) is 22.6 Å². The van der Waals surface area contributed by atoms with Gasteiger partial charge in [-0.25, -0.2) is 8.78 Å². The van der Waals surface area contributed by atoms with Crippen LogP contribution in [0.3, 0.4) is 0 Å². The molecule has 6 heteroatoms. The number of benzene rings is 2. The van der Waals surface area contributed by atoms with Crippen molar-refractivity contribution in [3.05, 3.63) is 94.9 Å². The van der Waals surface area contributed by atoms with Crippen molar-refractivity contribution < 1.29 is 27.2 Å². The number of carbonyl (C=O) groups is 2. The Morgan fingerprint density at radius 2 is 1.03 bits per heavy atom. The summed E-state index contributed by atoms with van der Waals surface area (Å²) in [5.74, 6) is 0.340. The zero-order chi connectivity index (χ0) is 22.1. The topological polar surface area (TPSA) is 60.4 Å². The molecule has 156 valence electrons. The van der Waals surface area contributed by atoms with Crippen LogP contribution in [0.15, 0.2) is 69.5 Å². The predicted molar refractivity (Wildman–Crippen MR) is 111 cm³/mol. The lowest BCUT2D eigenvalue weighted by atomic mass is 10.0. The van der Waals surface area contributed by atoms with Gasteiger partial charge in [-0.15, -0.1) is 0 Å². The maximum atomic E-state index is 13.2. The summed E-state index contributed by atoms with van der Waals surface area (Å²) in [6.07, 6.45) is 0.0756. The summed E-state index contributed by atoms with van der Waals surface area (Å²) in [6, 6.07) is 14.7. The third kappa shape index (κ3) is 4.23. The van der Waals surface area contributed by atoms with Gasteiger partial charge in [-0.05, 0) is 74.5 Å². The molecule has 0 amide bonds. The first-order valence-corrected chi connectivity index (χ1v) is 9.61. The Balaban J connectivity index is 1.74. The van der Waals surface area contributed by atoms with Gasteiger partial charge in [-0.2, -0.15) is 0 Å². The number of rotatable bonds is 6. The van der Waals surface area contributed by atoms with E-state index in [9.17, 15) is 18.4 Å². The standard InChI is InChI=1S/C25H18F2O4/c1-14(28)20-11-22(16-3-7-18(26)8-4-16)30-24(20)13-25-21(15(2)29)12-23(31-25)17-5-9-19(27)10-6-17/h3-12H,13H2,1-2H3. The van der Waals surface area contributed by atoms with Crippen LogP contribution in [0.2, 0.25) is 0 Å². The van der Waals surface area contributed by atoms with E-state index in [4.69, 9.17) is 8.83 Å². The number of ketones is 2. The van der Waals surface area contributed by atoms with E-state index >= 15 is 0 Å². The highest BCUT2D eigenvalue weighted by Crippen LogP contribution is 2.32. The minimum Gasteiger partial charge on any atom is -0.460 e. The molecule has 0 fully saturated rings. The Morgan fingerprint density at radius 3 is 1.35 bits per heavy atom. The molecule has 4 rings (SSSR count). The van der Waals surface area contributed by atoms with Crippen molar-refractivity contribution in [3.63, 3.8) is 0 Å². The molecule has 4 aromatic rings. The van der Waals surface area contributed by atoms with Gasteiger partial charge in [-0.3, -0.25) is 9.59 Å². The fraction of sp³-hybridized carbons (Fsp3) is 0.120. The molecule has 0 saturated heterocycles. The molecule has 2 aromatic heterocycles. The van der Waals surface area contributed by atoms with Crippen LogP contribution in [0.4, 0.5) is 8.78 Å². The SMILES string of the molecule is CC(=O)c1cc(-c2ccc(F)cc2)oc1Cc1oc(-c2ccc(F)cc2)cc1C(C)=O. The van der Waals surface area contributed by atoms with Gasteiger partial charge in [0, 0.05) is 11.1 Å². The summed E-state index contributed by atoms with van der Waals surface area (Å²) in [5, 5.41) is 0. The van der Waals surface area contributed by atoms with Gasteiger partial charge < -0.3 is 8.83 Å². The maximum absolute atomic E-state index is 13.2. The van der Waals surface area contributed by atoms with Crippen LogP contribution in [0.1, 0.15) is 46.1 Å². The van der Waals surface area contributed by atoms with E-state index in [0.717, 1.165) is 0 Å². The number of carbonyl (C=O) groups excluding carboxylic acids is 2. The molecule has 0 unspecified atom stereocenters. The average molecular weight is 420 g/mol. The van der Waals surface area contributed by atoms with E-state index < -0.39 is 0 Å². The molecule has 0 bridgehead atoms. The summed E-state index contributed by atoms with van der Waals surface area (Å²) >= 11 is 0. The molecule has 0 N–H and O–H groups in total. The van der Waals surface area contributed by atoms with Crippen LogP contribution < -0.4 is 0 Å². The van der Waals surface area contributed by atoms with E-state index in [2.05, 4.69) is 0 Å². The molecule has 2 aromatic carbocycles. The van der Waals surface area contributed by atoms with Crippen molar-refractivity contribution in [2.24, 2.45) is 0 Å². The Kier molecular flexibility index (Phi) is 5.38. The number of hydrogen-bond acceptors (Lipinski definition) is 4. The van der Waals surface area contributed by atoms with Crippen LogP contribution in [0, 0.1) is 11.6 Å². The molecule has 0 aliphatic heterocycles. The van der Waals surface area contributed by atoms with Gasteiger partial charge in [0.25, 0.3) is 0 Å². The Bertz CT molecular complexity index is 1160. The lowest BCUT2D eigenvalue weighted by molar-refractivity contribution is 0.100. The van der Waals surface area contributed by atoms with Gasteiger partial charge >= 0.3 is 0 Å². The molecule has 0 atom stereocenters. The molecule has 0 radical (unpaired) electrons. The summed E-state index contributed by atoms with van der Waals surface area (Å²) in [6.45, 7) is 2.83. The third-order valence-corrected chi connectivity index (χ3v) is 4.96. The zero-order valence-corrected chi connectivity index (χ0v) is 16.9. The Labute approximate surface area is 177 Å². The molecule has 0 aliphatic rings. The average Bonchev–Trinajstić information content (AvgIpc) is 3.34. The first kappa shape index (κ1) is 20.5. The second-order valence-electron chi connectivity index (χ2n) is 7.20. The number of furan rings is 2. The lowest BCUT2D eigenvalue weighted by Gasteiger charge is -2.01. The monoisotopic (exact) mass is 420 g/mol. The van der Waals surface area contributed by atoms with E-state index in [1.807, 2.05) is 0 Å². The molecule has 2 heterocycles. The van der Waals surface area contributed by atoms with Crippen LogP contribution in [0.5, 0.6) is 0 Å². The highest BCUT2D eigenvalue weighted by Gasteiger charge is 2.22. The van der Waals surface area contributed by atoms with Crippen LogP contribution in [-0.2, 0) is 6.42 Å². The predicted octanol–water partition coefficient (Wildman–Crippen LogP) is 6.48. The summed E-state index contributed by atoms with van der Waals surface area (Å²) in [4.78, 5) is 24.4. The van der Waals surface area contributed by atoms with Crippen LogP contribution >= 0.6 is 0 Å². The highest BCUT2D eigenvalue weighted by atomic mass is 19.1. The molecule has 31 heavy (non-hydrogen) atoms. The minimum atomic E-state index is -0.377.